The van der Waals surface area contributed by atoms with Crippen LogP contribution in [-0.2, 0) is 8.87 Å². The van der Waals surface area contributed by atoms with E-state index < -0.39 is 8.87 Å². The minimum atomic E-state index is -3.38. The Bertz CT molecular complexity index is 882. The molecule has 0 amide bonds. The van der Waals surface area contributed by atoms with Gasteiger partial charge in [0.1, 0.15) is 0 Å². The molecule has 0 saturated heterocycles. The Morgan fingerprint density at radius 1 is 0.810 bits per heavy atom. The van der Waals surface area contributed by atoms with Crippen molar-refractivity contribution in [2.75, 3.05) is 0 Å². The predicted molar refractivity (Wildman–Crippen MR) is 88.2 cm³/mol. The second-order valence-electron chi connectivity index (χ2n) is 4.86. The molecule has 0 spiro atoms. The molecule has 0 aliphatic heterocycles. The lowest BCUT2D eigenvalue weighted by molar-refractivity contribution is 0.610. The summed E-state index contributed by atoms with van der Waals surface area (Å²) in [5, 5.41) is 2.15. The zero-order valence-electron chi connectivity index (χ0n) is 11.5. The van der Waals surface area contributed by atoms with Gasteiger partial charge >= 0.3 is 0 Å². The van der Waals surface area contributed by atoms with Gasteiger partial charge in [-0.25, -0.2) is 8.42 Å². The monoisotopic (exact) mass is 314 g/mol. The first kappa shape index (κ1) is 14.2. The summed E-state index contributed by atoms with van der Waals surface area (Å²) in [5.41, 5.74) is 1.05. The first-order chi connectivity index (χ1) is 10.0. The molecule has 3 aromatic carbocycles. The van der Waals surface area contributed by atoms with Crippen LogP contribution in [0.5, 0.6) is 0 Å². The van der Waals surface area contributed by atoms with Crippen molar-refractivity contribution in [3.63, 3.8) is 0 Å². The van der Waals surface area contributed by atoms with Crippen LogP contribution >= 0.6 is 10.8 Å². The van der Waals surface area contributed by atoms with E-state index in [0.717, 1.165) is 32.0 Å². The molecule has 3 rings (SSSR count). The van der Waals surface area contributed by atoms with Crippen molar-refractivity contribution in [2.24, 2.45) is 0 Å². The third kappa shape index (κ3) is 3.12. The van der Waals surface area contributed by atoms with Crippen LogP contribution in [0.3, 0.4) is 0 Å². The van der Waals surface area contributed by atoms with Crippen LogP contribution in [0.4, 0.5) is 0 Å². The molecule has 4 heteroatoms. The van der Waals surface area contributed by atoms with Crippen LogP contribution in [-0.4, -0.2) is 8.42 Å². The third-order valence-corrected chi connectivity index (χ3v) is 6.56. The molecule has 0 N–H and O–H groups in total. The van der Waals surface area contributed by atoms with Gasteiger partial charge in [0.25, 0.3) is 0 Å². The van der Waals surface area contributed by atoms with E-state index in [1.165, 1.54) is 0 Å². The molecule has 106 valence electrons. The second kappa shape index (κ2) is 5.54. The molecule has 0 unspecified atom stereocenters. The Hall–Kier alpha value is -1.78. The second-order valence-corrected chi connectivity index (χ2v) is 8.69. The molecule has 0 bridgehead atoms. The minimum absolute atomic E-state index is 0.339. The van der Waals surface area contributed by atoms with Crippen LogP contribution < -0.4 is 0 Å². The molecule has 0 saturated carbocycles. The van der Waals surface area contributed by atoms with Crippen LogP contribution in [0, 0.1) is 6.92 Å². The average Bonchev–Trinajstić information content (AvgIpc) is 2.47. The smallest absolute Gasteiger partial charge is 0.212 e. The number of rotatable bonds is 3. The molecule has 3 aromatic rings. The van der Waals surface area contributed by atoms with Crippen molar-refractivity contribution in [2.45, 2.75) is 16.7 Å². The normalized spacial score (nSPS) is 11.7. The van der Waals surface area contributed by atoms with E-state index in [1.807, 2.05) is 61.5 Å². The minimum Gasteiger partial charge on any atom is -0.212 e. The van der Waals surface area contributed by atoms with E-state index in [0.29, 0.717) is 4.90 Å². The highest BCUT2D eigenvalue weighted by molar-refractivity contribution is 8.72. The summed E-state index contributed by atoms with van der Waals surface area (Å²) < 4.78 is 24.8. The fraction of sp³-hybridized carbons (Fsp3) is 0.0588. The summed E-state index contributed by atoms with van der Waals surface area (Å²) in [4.78, 5) is 1.07. The SMILES string of the molecule is Cc1ccc(S(=O)(=O)Sc2ccc3ccccc3c2)cc1. The fourth-order valence-corrected chi connectivity index (χ4v) is 4.91. The molecule has 0 fully saturated rings. The van der Waals surface area contributed by atoms with Gasteiger partial charge < -0.3 is 0 Å². The van der Waals surface area contributed by atoms with Gasteiger partial charge in [-0.2, -0.15) is 0 Å². The quantitative estimate of drug-likeness (QED) is 0.661. The van der Waals surface area contributed by atoms with E-state index in [9.17, 15) is 8.42 Å². The molecule has 0 aliphatic carbocycles. The van der Waals surface area contributed by atoms with Gasteiger partial charge in [-0.1, -0.05) is 48.0 Å². The summed E-state index contributed by atoms with van der Waals surface area (Å²) in [6.07, 6.45) is 0. The zero-order chi connectivity index (χ0) is 14.9. The summed E-state index contributed by atoms with van der Waals surface area (Å²) in [5.74, 6) is 0. The zero-order valence-corrected chi connectivity index (χ0v) is 13.1. The van der Waals surface area contributed by atoms with E-state index in [4.69, 9.17) is 0 Å². The van der Waals surface area contributed by atoms with E-state index in [1.54, 1.807) is 12.1 Å². The Morgan fingerprint density at radius 3 is 2.19 bits per heavy atom. The molecule has 21 heavy (non-hydrogen) atoms. The maximum Gasteiger partial charge on any atom is 0.234 e. The van der Waals surface area contributed by atoms with Gasteiger partial charge in [-0.05, 0) is 42.0 Å². The molecular weight excluding hydrogens is 300 g/mol. The van der Waals surface area contributed by atoms with Gasteiger partial charge in [0.2, 0.25) is 8.87 Å². The van der Waals surface area contributed by atoms with Gasteiger partial charge in [0, 0.05) is 15.7 Å². The molecule has 0 aromatic heterocycles. The average molecular weight is 314 g/mol. The summed E-state index contributed by atoms with van der Waals surface area (Å²) >= 11 is 0. The summed E-state index contributed by atoms with van der Waals surface area (Å²) in [6, 6.07) is 20.5. The van der Waals surface area contributed by atoms with Crippen molar-refractivity contribution in [3.8, 4) is 0 Å². The molecular formula is C17H14O2S2. The van der Waals surface area contributed by atoms with Crippen molar-refractivity contribution in [1.29, 1.82) is 0 Å². The Morgan fingerprint density at radius 2 is 1.48 bits per heavy atom. The Labute approximate surface area is 128 Å². The van der Waals surface area contributed by atoms with E-state index in [2.05, 4.69) is 0 Å². The molecule has 0 atom stereocenters. The Balaban J connectivity index is 1.95. The van der Waals surface area contributed by atoms with Gasteiger partial charge in [0.05, 0.1) is 4.90 Å². The van der Waals surface area contributed by atoms with Gasteiger partial charge in [0.15, 0.2) is 0 Å². The van der Waals surface area contributed by atoms with Crippen molar-refractivity contribution in [3.05, 3.63) is 72.3 Å². The lowest BCUT2D eigenvalue weighted by atomic mass is 10.1. The number of fused-ring (bicyclic) bond motifs is 1. The van der Waals surface area contributed by atoms with Crippen LogP contribution in [0.1, 0.15) is 5.56 Å². The first-order valence-corrected chi connectivity index (χ1v) is 9.36. The highest BCUT2D eigenvalue weighted by Crippen LogP contribution is 2.32. The standard InChI is InChI=1S/C17H14O2S2/c1-13-6-10-17(11-7-13)21(18,19)20-16-9-8-14-4-2-3-5-15(14)12-16/h2-12H,1H3. The predicted octanol–water partition coefficient (Wildman–Crippen LogP) is 4.63. The molecule has 0 heterocycles. The number of hydrogen-bond acceptors (Lipinski definition) is 3. The Kier molecular flexibility index (Phi) is 3.74. The van der Waals surface area contributed by atoms with Crippen molar-refractivity contribution in [1.82, 2.24) is 0 Å². The lowest BCUT2D eigenvalue weighted by Gasteiger charge is -2.05. The van der Waals surface area contributed by atoms with E-state index >= 15 is 0 Å². The number of hydrogen-bond donors (Lipinski definition) is 0. The molecule has 0 aliphatic rings. The highest BCUT2D eigenvalue weighted by atomic mass is 33.1. The number of aryl methyl sites for hydroxylation is 1. The maximum absolute atomic E-state index is 12.4. The van der Waals surface area contributed by atoms with Crippen LogP contribution in [0.15, 0.2) is 76.5 Å². The summed E-state index contributed by atoms with van der Waals surface area (Å²) in [7, 11) is -2.49. The summed E-state index contributed by atoms with van der Waals surface area (Å²) in [6.45, 7) is 1.94. The van der Waals surface area contributed by atoms with Crippen LogP contribution in [0.2, 0.25) is 0 Å². The van der Waals surface area contributed by atoms with E-state index in [-0.39, 0.29) is 0 Å². The topological polar surface area (TPSA) is 34.1 Å². The highest BCUT2D eigenvalue weighted by Gasteiger charge is 2.16. The van der Waals surface area contributed by atoms with Gasteiger partial charge in [-0.3, -0.25) is 0 Å². The van der Waals surface area contributed by atoms with Crippen molar-refractivity contribution < 1.29 is 8.42 Å². The van der Waals surface area contributed by atoms with Crippen molar-refractivity contribution >= 4 is 30.4 Å². The first-order valence-electron chi connectivity index (χ1n) is 6.54. The van der Waals surface area contributed by atoms with Gasteiger partial charge in [-0.15, -0.1) is 0 Å². The van der Waals surface area contributed by atoms with Crippen LogP contribution in [0.25, 0.3) is 10.8 Å². The fourth-order valence-electron chi connectivity index (χ4n) is 2.10. The molecule has 0 radical (unpaired) electrons. The lowest BCUT2D eigenvalue weighted by Crippen LogP contribution is -1.95. The molecule has 2 nitrogen and oxygen atoms in total. The number of benzene rings is 3. The maximum atomic E-state index is 12.4. The third-order valence-electron chi connectivity index (χ3n) is 3.24. The largest absolute Gasteiger partial charge is 0.234 e.